The maximum atomic E-state index is 12.4. The van der Waals surface area contributed by atoms with Crippen LogP contribution in [0.15, 0.2) is 36.5 Å². The first-order chi connectivity index (χ1) is 40.0. The summed E-state index contributed by atoms with van der Waals surface area (Å²) in [5, 5.41) is 23.0. The van der Waals surface area contributed by atoms with Gasteiger partial charge in [0.05, 0.1) is 25.4 Å². The van der Waals surface area contributed by atoms with E-state index in [9.17, 15) is 19.8 Å². The molecule has 478 valence electrons. The number of carbonyl (C=O) groups is 2. The zero-order valence-electron chi connectivity index (χ0n) is 54.8. The van der Waals surface area contributed by atoms with E-state index in [1.165, 1.54) is 327 Å². The third-order valence-corrected chi connectivity index (χ3v) is 17.2. The highest BCUT2D eigenvalue weighted by molar-refractivity contribution is 5.76. The number of hydrogen-bond acceptors (Lipinski definition) is 5. The molecule has 0 radical (unpaired) electrons. The monoisotopic (exact) mass is 1140 g/mol. The SMILES string of the molecule is CCCCCC/C=C\C/C=C\CCCCCCCC(=O)OCCCCCCCCCCCCCCCCCCCCCCCCCCCCCCCCCCCCCCCCCC(=O)NC(CO)C(O)/C=C/CCCCCCCCC. The van der Waals surface area contributed by atoms with Crippen LogP contribution in [-0.2, 0) is 14.3 Å². The van der Waals surface area contributed by atoms with E-state index < -0.39 is 12.1 Å². The van der Waals surface area contributed by atoms with Crippen molar-refractivity contribution in [3.05, 3.63) is 36.5 Å². The molecule has 0 saturated carbocycles. The molecule has 0 rings (SSSR count). The Balaban J connectivity index is 3.27. The number of ether oxygens (including phenoxy) is 1. The maximum absolute atomic E-state index is 12.4. The fraction of sp³-hybridized carbons (Fsp3) is 0.893. The zero-order chi connectivity index (χ0) is 58.5. The van der Waals surface area contributed by atoms with E-state index in [0.717, 1.165) is 51.4 Å². The fourth-order valence-corrected chi connectivity index (χ4v) is 11.6. The van der Waals surface area contributed by atoms with Crippen molar-refractivity contribution in [1.29, 1.82) is 0 Å². The first-order valence-electron chi connectivity index (χ1n) is 36.8. The Morgan fingerprint density at radius 3 is 0.951 bits per heavy atom. The molecular formula is C75H143NO5. The van der Waals surface area contributed by atoms with Gasteiger partial charge >= 0.3 is 5.97 Å². The van der Waals surface area contributed by atoms with Crippen molar-refractivity contribution in [2.24, 2.45) is 0 Å². The Labute approximate surface area is 506 Å². The topological polar surface area (TPSA) is 95.9 Å². The van der Waals surface area contributed by atoms with E-state index in [0.29, 0.717) is 19.4 Å². The van der Waals surface area contributed by atoms with Gasteiger partial charge in [0.25, 0.3) is 0 Å². The van der Waals surface area contributed by atoms with Crippen LogP contribution < -0.4 is 5.32 Å². The van der Waals surface area contributed by atoms with Crippen LogP contribution in [0.3, 0.4) is 0 Å². The number of amides is 1. The summed E-state index contributed by atoms with van der Waals surface area (Å²) in [4.78, 5) is 24.5. The van der Waals surface area contributed by atoms with Gasteiger partial charge in [-0.3, -0.25) is 9.59 Å². The van der Waals surface area contributed by atoms with Crippen molar-refractivity contribution in [2.45, 2.75) is 418 Å². The number of allylic oxidation sites excluding steroid dienone is 5. The number of carbonyl (C=O) groups excluding carboxylic acids is 2. The van der Waals surface area contributed by atoms with Crippen LogP contribution in [0.25, 0.3) is 0 Å². The summed E-state index contributed by atoms with van der Waals surface area (Å²) in [5.74, 6) is -0.0525. The lowest BCUT2D eigenvalue weighted by Gasteiger charge is -2.20. The van der Waals surface area contributed by atoms with Gasteiger partial charge in [-0.2, -0.15) is 0 Å². The first kappa shape index (κ1) is 79.1. The summed E-state index contributed by atoms with van der Waals surface area (Å²) >= 11 is 0. The van der Waals surface area contributed by atoms with E-state index in [1.807, 2.05) is 6.08 Å². The third kappa shape index (κ3) is 67.1. The molecule has 0 aliphatic carbocycles. The summed E-state index contributed by atoms with van der Waals surface area (Å²) in [6.07, 6.45) is 91.3. The van der Waals surface area contributed by atoms with Gasteiger partial charge in [0.2, 0.25) is 5.91 Å². The summed E-state index contributed by atoms with van der Waals surface area (Å²) in [5.41, 5.74) is 0. The van der Waals surface area contributed by atoms with E-state index in [2.05, 4.69) is 43.5 Å². The number of unbranched alkanes of at least 4 members (excludes halogenated alkanes) is 54. The van der Waals surface area contributed by atoms with Crippen molar-refractivity contribution < 1.29 is 24.5 Å². The molecule has 6 nitrogen and oxygen atoms in total. The van der Waals surface area contributed by atoms with Crippen molar-refractivity contribution in [3.63, 3.8) is 0 Å². The lowest BCUT2D eigenvalue weighted by atomic mass is 10.0. The molecule has 0 heterocycles. The highest BCUT2D eigenvalue weighted by atomic mass is 16.5. The van der Waals surface area contributed by atoms with Crippen LogP contribution in [0.2, 0.25) is 0 Å². The predicted molar refractivity (Wildman–Crippen MR) is 356 cm³/mol. The standard InChI is InChI=1S/C75H143NO5/c1-3-5-7-9-11-13-14-15-16-43-46-49-53-57-61-65-69-75(80)81-70-66-62-58-54-50-47-44-41-39-37-35-33-31-29-27-25-23-21-19-17-18-20-22-24-26-28-30-32-34-36-38-40-42-45-48-52-56-60-64-68-74(79)76-72(71-77)73(78)67-63-59-55-51-12-10-8-6-4-2/h13-14,16,43,63,67,72-73,77-78H,3-12,15,17-42,44-62,64-66,68-71H2,1-2H3,(H,76,79)/b14-13-,43-16-,67-63+. The second-order valence-corrected chi connectivity index (χ2v) is 25.3. The van der Waals surface area contributed by atoms with Crippen molar-refractivity contribution in [3.8, 4) is 0 Å². The van der Waals surface area contributed by atoms with E-state index in [-0.39, 0.29) is 18.5 Å². The number of aliphatic hydroxyl groups excluding tert-OH is 2. The molecular weight excluding hydrogens is 995 g/mol. The van der Waals surface area contributed by atoms with Crippen LogP contribution in [0.4, 0.5) is 0 Å². The van der Waals surface area contributed by atoms with Gasteiger partial charge in [0.1, 0.15) is 0 Å². The molecule has 0 spiro atoms. The highest BCUT2D eigenvalue weighted by Gasteiger charge is 2.18. The molecule has 0 aliphatic heterocycles. The van der Waals surface area contributed by atoms with Gasteiger partial charge in [-0.25, -0.2) is 0 Å². The van der Waals surface area contributed by atoms with E-state index in [1.54, 1.807) is 6.08 Å². The number of esters is 1. The second-order valence-electron chi connectivity index (χ2n) is 25.3. The Kier molecular flexibility index (Phi) is 68.9. The third-order valence-electron chi connectivity index (χ3n) is 17.2. The zero-order valence-corrected chi connectivity index (χ0v) is 54.8. The molecule has 0 aromatic heterocycles. The summed E-state index contributed by atoms with van der Waals surface area (Å²) in [6, 6.07) is -0.621. The Morgan fingerprint density at radius 1 is 0.346 bits per heavy atom. The number of rotatable bonds is 69. The van der Waals surface area contributed by atoms with Gasteiger partial charge in [-0.1, -0.05) is 365 Å². The predicted octanol–water partition coefficient (Wildman–Crippen LogP) is 23.9. The molecule has 0 bridgehead atoms. The average molecular weight is 1140 g/mol. The lowest BCUT2D eigenvalue weighted by Crippen LogP contribution is -2.45. The van der Waals surface area contributed by atoms with E-state index >= 15 is 0 Å². The average Bonchev–Trinajstić information content (AvgIpc) is 3.47. The molecule has 0 aromatic rings. The second kappa shape index (κ2) is 70.6. The molecule has 81 heavy (non-hydrogen) atoms. The molecule has 1 amide bonds. The molecule has 3 N–H and O–H groups in total. The largest absolute Gasteiger partial charge is 0.466 e. The molecule has 0 aromatic carbocycles. The molecule has 2 atom stereocenters. The van der Waals surface area contributed by atoms with Gasteiger partial charge in [-0.05, 0) is 64.2 Å². The minimum atomic E-state index is -0.837. The molecule has 6 heteroatoms. The number of hydrogen-bond donors (Lipinski definition) is 3. The van der Waals surface area contributed by atoms with E-state index in [4.69, 9.17) is 4.74 Å². The first-order valence-corrected chi connectivity index (χ1v) is 36.8. The lowest BCUT2D eigenvalue weighted by molar-refractivity contribution is -0.143. The van der Waals surface area contributed by atoms with Gasteiger partial charge in [0, 0.05) is 12.8 Å². The van der Waals surface area contributed by atoms with Gasteiger partial charge < -0.3 is 20.3 Å². The van der Waals surface area contributed by atoms with Crippen LogP contribution in [0.5, 0.6) is 0 Å². The number of aliphatic hydroxyl groups is 2. The maximum Gasteiger partial charge on any atom is 0.305 e. The normalized spacial score (nSPS) is 12.7. The summed E-state index contributed by atoms with van der Waals surface area (Å²) in [6.45, 7) is 4.88. The minimum Gasteiger partial charge on any atom is -0.466 e. The van der Waals surface area contributed by atoms with Gasteiger partial charge in [0.15, 0.2) is 0 Å². The fourth-order valence-electron chi connectivity index (χ4n) is 11.6. The van der Waals surface area contributed by atoms with Crippen molar-refractivity contribution >= 4 is 11.9 Å². The Morgan fingerprint density at radius 2 is 0.617 bits per heavy atom. The van der Waals surface area contributed by atoms with Crippen molar-refractivity contribution in [2.75, 3.05) is 13.2 Å². The molecule has 0 saturated heterocycles. The van der Waals surface area contributed by atoms with Crippen molar-refractivity contribution in [1.82, 2.24) is 5.32 Å². The van der Waals surface area contributed by atoms with Crippen LogP contribution in [0, 0.1) is 0 Å². The quantitative estimate of drug-likeness (QED) is 0.0320. The molecule has 0 aliphatic rings. The summed E-state index contributed by atoms with van der Waals surface area (Å²) in [7, 11) is 0. The Bertz CT molecular complexity index is 1310. The smallest absolute Gasteiger partial charge is 0.305 e. The van der Waals surface area contributed by atoms with Crippen LogP contribution in [-0.4, -0.2) is 47.4 Å². The highest BCUT2D eigenvalue weighted by Crippen LogP contribution is 2.19. The number of nitrogens with one attached hydrogen (secondary N) is 1. The van der Waals surface area contributed by atoms with Gasteiger partial charge in [-0.15, -0.1) is 0 Å². The summed E-state index contributed by atoms with van der Waals surface area (Å²) < 4.78 is 5.50. The van der Waals surface area contributed by atoms with Crippen LogP contribution >= 0.6 is 0 Å². The van der Waals surface area contributed by atoms with Crippen LogP contribution in [0.1, 0.15) is 406 Å². The Hall–Kier alpha value is -1.92. The molecule has 2 unspecified atom stereocenters. The minimum absolute atomic E-state index is 0.0106. The molecule has 0 fully saturated rings.